The van der Waals surface area contributed by atoms with Gasteiger partial charge in [-0.25, -0.2) is 0 Å². The molecule has 2 fully saturated rings. The van der Waals surface area contributed by atoms with E-state index in [1.165, 1.54) is 32.1 Å². The Hall–Kier alpha value is -2.12. The predicted octanol–water partition coefficient (Wildman–Crippen LogP) is 5.23. The lowest BCUT2D eigenvalue weighted by molar-refractivity contribution is 0.444. The number of rotatable bonds is 5. The zero-order valence-electron chi connectivity index (χ0n) is 19.0. The molecule has 0 radical (unpaired) electrons. The molecule has 172 valence electrons. The predicted molar refractivity (Wildman–Crippen MR) is 138 cm³/mol. The number of nitrogens with one attached hydrogen (secondary N) is 2. The van der Waals surface area contributed by atoms with E-state index in [0.29, 0.717) is 29.6 Å². The van der Waals surface area contributed by atoms with E-state index in [9.17, 15) is 0 Å². The normalized spacial score (nSPS) is 21.3. The van der Waals surface area contributed by atoms with Crippen LogP contribution in [0.1, 0.15) is 51.5 Å². The Balaban J connectivity index is 1.53. The fourth-order valence-electron chi connectivity index (χ4n) is 4.59. The number of nitrogens with zero attached hydrogens (tertiary/aromatic N) is 4. The average molecular weight is 473 g/mol. The van der Waals surface area contributed by atoms with Crippen molar-refractivity contribution in [3.05, 3.63) is 40.9 Å². The molecule has 2 aliphatic rings. The van der Waals surface area contributed by atoms with E-state index < -0.39 is 0 Å². The molecule has 2 saturated heterocycles. The molecule has 6 nitrogen and oxygen atoms in total. The van der Waals surface area contributed by atoms with Gasteiger partial charge in [-0.2, -0.15) is 9.97 Å². The summed E-state index contributed by atoms with van der Waals surface area (Å²) < 4.78 is 0. The lowest BCUT2D eigenvalue weighted by Gasteiger charge is -2.36. The molecule has 0 spiro atoms. The van der Waals surface area contributed by atoms with Crippen molar-refractivity contribution in [1.29, 1.82) is 0 Å². The zero-order chi connectivity index (χ0) is 22.5. The van der Waals surface area contributed by atoms with Gasteiger partial charge in [-0.3, -0.25) is 0 Å². The third-order valence-electron chi connectivity index (χ3n) is 6.40. The van der Waals surface area contributed by atoms with Gasteiger partial charge < -0.3 is 20.4 Å². The zero-order valence-corrected chi connectivity index (χ0v) is 20.6. The van der Waals surface area contributed by atoms with Crippen LogP contribution in [0, 0.1) is 5.92 Å². The minimum absolute atomic E-state index is 0.477. The number of benzene rings is 1. The largest absolute Gasteiger partial charge is 0.358 e. The highest BCUT2D eigenvalue weighted by Gasteiger charge is 2.24. The number of aromatic nitrogens is 2. The molecule has 0 amide bonds. The van der Waals surface area contributed by atoms with Gasteiger partial charge in [-0.1, -0.05) is 36.7 Å². The summed E-state index contributed by atoms with van der Waals surface area (Å²) in [6.07, 6.45) is 6.14. The van der Waals surface area contributed by atoms with E-state index in [0.717, 1.165) is 41.9 Å². The van der Waals surface area contributed by atoms with Gasteiger partial charge in [0.15, 0.2) is 5.11 Å². The summed E-state index contributed by atoms with van der Waals surface area (Å²) in [5.74, 6) is 3.18. The van der Waals surface area contributed by atoms with Crippen molar-refractivity contribution in [2.75, 3.05) is 34.8 Å². The molecule has 0 bridgehead atoms. The van der Waals surface area contributed by atoms with Crippen LogP contribution in [0.2, 0.25) is 5.02 Å². The number of halogens is 1. The Bertz CT molecular complexity index is 938. The number of piperidine rings is 2. The van der Waals surface area contributed by atoms with E-state index in [-0.39, 0.29) is 0 Å². The van der Waals surface area contributed by atoms with Crippen molar-refractivity contribution in [3.63, 3.8) is 0 Å². The van der Waals surface area contributed by atoms with Crippen LogP contribution in [0.4, 0.5) is 17.6 Å². The lowest BCUT2D eigenvalue weighted by atomic mass is 10.0. The molecule has 0 saturated carbocycles. The van der Waals surface area contributed by atoms with Crippen LogP contribution in [-0.2, 0) is 6.54 Å². The number of anilines is 3. The maximum absolute atomic E-state index is 6.27. The molecule has 8 heteroatoms. The topological polar surface area (TPSA) is 56.3 Å². The maximum atomic E-state index is 6.27. The summed E-state index contributed by atoms with van der Waals surface area (Å²) in [4.78, 5) is 14.5. The van der Waals surface area contributed by atoms with Crippen molar-refractivity contribution < 1.29 is 0 Å². The van der Waals surface area contributed by atoms with Crippen molar-refractivity contribution in [3.8, 4) is 0 Å². The van der Waals surface area contributed by atoms with E-state index in [2.05, 4.69) is 40.3 Å². The standard InChI is InChI=1S/C24H33ClN6S/c1-17-8-7-12-30(16-17)21-14-22(31-13-6-5-9-18(31)2)28-23(27-21)29-24(32)26-15-19-10-3-4-11-20(19)25/h3-4,10-11,14,17-18H,5-9,12-13,15-16H2,1-2H3,(H2,26,27,28,29,32)/t17-,18-/m1/s1. The van der Waals surface area contributed by atoms with Gasteiger partial charge in [0.1, 0.15) is 11.6 Å². The highest BCUT2D eigenvalue weighted by Crippen LogP contribution is 2.29. The van der Waals surface area contributed by atoms with Gasteiger partial charge in [0.25, 0.3) is 0 Å². The molecule has 0 unspecified atom stereocenters. The van der Waals surface area contributed by atoms with Crippen molar-refractivity contribution in [1.82, 2.24) is 15.3 Å². The SMILES string of the molecule is C[C@@H]1CCCN(c2cc(N3CCCC[C@H]3C)nc(NC(=S)NCc3ccccc3Cl)n2)C1. The summed E-state index contributed by atoms with van der Waals surface area (Å²) in [5.41, 5.74) is 0.998. The molecule has 0 aliphatic carbocycles. The molecule has 1 aromatic carbocycles. The molecule has 1 aromatic heterocycles. The van der Waals surface area contributed by atoms with Gasteiger partial charge in [0.05, 0.1) is 0 Å². The fraction of sp³-hybridized carbons (Fsp3) is 0.542. The molecule has 2 N–H and O–H groups in total. The first-order valence-electron chi connectivity index (χ1n) is 11.7. The van der Waals surface area contributed by atoms with Crippen LogP contribution < -0.4 is 20.4 Å². The van der Waals surface area contributed by atoms with Gasteiger partial charge in [-0.05, 0) is 68.8 Å². The second kappa shape index (κ2) is 10.7. The Kier molecular flexibility index (Phi) is 7.68. The van der Waals surface area contributed by atoms with Crippen molar-refractivity contribution >= 4 is 46.5 Å². The Morgan fingerprint density at radius 1 is 1.09 bits per heavy atom. The molecule has 4 rings (SSSR count). The Morgan fingerprint density at radius 2 is 1.91 bits per heavy atom. The summed E-state index contributed by atoms with van der Waals surface area (Å²) in [6, 6.07) is 10.4. The first kappa shape index (κ1) is 23.1. The van der Waals surface area contributed by atoms with E-state index in [1.54, 1.807) is 0 Å². The average Bonchev–Trinajstić information content (AvgIpc) is 2.78. The smallest absolute Gasteiger partial charge is 0.232 e. The number of hydrogen-bond donors (Lipinski definition) is 2. The molecular formula is C24H33ClN6S. The summed E-state index contributed by atoms with van der Waals surface area (Å²) in [7, 11) is 0. The molecule has 2 aliphatic heterocycles. The monoisotopic (exact) mass is 472 g/mol. The van der Waals surface area contributed by atoms with Crippen LogP contribution in [0.25, 0.3) is 0 Å². The van der Waals surface area contributed by atoms with Gasteiger partial charge >= 0.3 is 0 Å². The van der Waals surface area contributed by atoms with Crippen molar-refractivity contribution in [2.45, 2.75) is 58.5 Å². The second-order valence-corrected chi connectivity index (χ2v) is 9.85. The lowest BCUT2D eigenvalue weighted by Crippen LogP contribution is -2.39. The quantitative estimate of drug-likeness (QED) is 0.577. The van der Waals surface area contributed by atoms with Crippen LogP contribution in [0.15, 0.2) is 30.3 Å². The summed E-state index contributed by atoms with van der Waals surface area (Å²) >= 11 is 11.8. The third-order valence-corrected chi connectivity index (χ3v) is 7.02. The maximum Gasteiger partial charge on any atom is 0.232 e. The van der Waals surface area contributed by atoms with Crippen LogP contribution in [-0.4, -0.2) is 40.8 Å². The third kappa shape index (κ3) is 5.81. The minimum atomic E-state index is 0.477. The summed E-state index contributed by atoms with van der Waals surface area (Å²) in [5, 5.41) is 7.67. The van der Waals surface area contributed by atoms with E-state index in [4.69, 9.17) is 33.8 Å². The highest BCUT2D eigenvalue weighted by molar-refractivity contribution is 7.80. The van der Waals surface area contributed by atoms with Gasteiger partial charge in [0.2, 0.25) is 5.95 Å². The Morgan fingerprint density at radius 3 is 2.69 bits per heavy atom. The molecule has 32 heavy (non-hydrogen) atoms. The van der Waals surface area contributed by atoms with Crippen molar-refractivity contribution in [2.24, 2.45) is 5.92 Å². The van der Waals surface area contributed by atoms with Crippen LogP contribution >= 0.6 is 23.8 Å². The van der Waals surface area contributed by atoms with Gasteiger partial charge in [-0.15, -0.1) is 0 Å². The highest BCUT2D eigenvalue weighted by atomic mass is 35.5. The molecule has 3 heterocycles. The number of hydrogen-bond acceptors (Lipinski definition) is 5. The van der Waals surface area contributed by atoms with E-state index in [1.807, 2.05) is 24.3 Å². The molecular weight excluding hydrogens is 440 g/mol. The molecule has 2 aromatic rings. The second-order valence-electron chi connectivity index (χ2n) is 9.04. The first-order valence-corrected chi connectivity index (χ1v) is 12.5. The summed E-state index contributed by atoms with van der Waals surface area (Å²) in [6.45, 7) is 8.24. The Labute approximate surface area is 201 Å². The van der Waals surface area contributed by atoms with E-state index >= 15 is 0 Å². The fourth-order valence-corrected chi connectivity index (χ4v) is 4.95. The van der Waals surface area contributed by atoms with Crippen LogP contribution in [0.5, 0.6) is 0 Å². The molecule has 2 atom stereocenters. The number of thiocarbonyl (C=S) groups is 1. The minimum Gasteiger partial charge on any atom is -0.358 e. The van der Waals surface area contributed by atoms with Gasteiger partial charge in [0, 0.05) is 43.3 Å². The first-order chi connectivity index (χ1) is 15.5. The van der Waals surface area contributed by atoms with Crippen LogP contribution in [0.3, 0.4) is 0 Å².